The molecule has 0 aromatic heterocycles. The van der Waals surface area contributed by atoms with E-state index in [4.69, 9.17) is 14.7 Å². The van der Waals surface area contributed by atoms with Gasteiger partial charge >= 0.3 is 7.32 Å². The van der Waals surface area contributed by atoms with Crippen LogP contribution in [-0.2, 0) is 0 Å². The molecule has 0 radical (unpaired) electrons. The molecule has 4 rings (SSSR count). The summed E-state index contributed by atoms with van der Waals surface area (Å²) < 4.78 is 5.16. The second kappa shape index (κ2) is 5.89. The first-order valence-electron chi connectivity index (χ1n) is 7.09. The molecule has 0 unspecified atom stereocenters. The van der Waals surface area contributed by atoms with E-state index in [1.165, 1.54) is 5.39 Å². The summed E-state index contributed by atoms with van der Waals surface area (Å²) in [6.07, 6.45) is 0. The number of benzene rings is 4. The molecule has 0 aliphatic rings. The third-order valence-corrected chi connectivity index (χ3v) is 3.92. The molecule has 5 N–H and O–H groups in total. The molecule has 23 heavy (non-hydrogen) atoms. The van der Waals surface area contributed by atoms with Gasteiger partial charge in [0.15, 0.2) is 0 Å². The van der Waals surface area contributed by atoms with Gasteiger partial charge in [-0.2, -0.15) is 0 Å². The third-order valence-electron chi connectivity index (χ3n) is 3.92. The summed E-state index contributed by atoms with van der Waals surface area (Å²) in [5.74, 6) is 0.466. The standard InChI is InChI=1S/C18H13BO3.H3N/c20-19(21)22-17-7-3-6-12-8-9-15-10-13-4-1-2-5-14(13)11-16(15)18(12)17;/h1-11,20-21H;1H3. The van der Waals surface area contributed by atoms with Gasteiger partial charge in [-0.3, -0.25) is 0 Å². The summed E-state index contributed by atoms with van der Waals surface area (Å²) in [6, 6.07) is 22.1. The van der Waals surface area contributed by atoms with Crippen molar-refractivity contribution in [3.8, 4) is 5.75 Å². The average Bonchev–Trinajstić information content (AvgIpc) is 2.52. The molecule has 0 saturated heterocycles. The second-order valence-electron chi connectivity index (χ2n) is 5.28. The summed E-state index contributed by atoms with van der Waals surface area (Å²) in [5.41, 5.74) is 0. The monoisotopic (exact) mass is 305 g/mol. The maximum Gasteiger partial charge on any atom is 0.707 e. The zero-order valence-corrected chi connectivity index (χ0v) is 12.4. The summed E-state index contributed by atoms with van der Waals surface area (Å²) in [5, 5.41) is 24.6. The van der Waals surface area contributed by atoms with E-state index in [-0.39, 0.29) is 6.15 Å². The lowest BCUT2D eigenvalue weighted by Gasteiger charge is -2.12. The SMILES string of the molecule is N.OB(O)Oc1cccc2ccc3cc4ccccc4cc3c12. The molecule has 0 amide bonds. The van der Waals surface area contributed by atoms with Crippen LogP contribution in [0, 0.1) is 0 Å². The zero-order chi connectivity index (χ0) is 15.1. The molecular formula is C18H16BNO3. The Hall–Kier alpha value is -2.60. The van der Waals surface area contributed by atoms with E-state index < -0.39 is 7.32 Å². The molecule has 0 aliphatic heterocycles. The van der Waals surface area contributed by atoms with Crippen molar-refractivity contribution >= 4 is 39.6 Å². The Morgan fingerprint density at radius 3 is 2.09 bits per heavy atom. The molecule has 0 saturated carbocycles. The molecule has 4 aromatic carbocycles. The van der Waals surface area contributed by atoms with E-state index in [2.05, 4.69) is 30.3 Å². The van der Waals surface area contributed by atoms with Crippen LogP contribution < -0.4 is 10.8 Å². The maximum atomic E-state index is 9.14. The Balaban J connectivity index is 0.00000156. The van der Waals surface area contributed by atoms with Gasteiger partial charge in [0.1, 0.15) is 5.75 Å². The fourth-order valence-electron chi connectivity index (χ4n) is 2.98. The predicted molar refractivity (Wildman–Crippen MR) is 94.8 cm³/mol. The summed E-state index contributed by atoms with van der Waals surface area (Å²) >= 11 is 0. The molecule has 0 heterocycles. The van der Waals surface area contributed by atoms with Gasteiger partial charge in [0.25, 0.3) is 0 Å². The van der Waals surface area contributed by atoms with Crippen molar-refractivity contribution in [3.05, 3.63) is 66.7 Å². The minimum absolute atomic E-state index is 0. The fourth-order valence-corrected chi connectivity index (χ4v) is 2.98. The van der Waals surface area contributed by atoms with Crippen LogP contribution in [0.1, 0.15) is 0 Å². The summed E-state index contributed by atoms with van der Waals surface area (Å²) in [6.45, 7) is 0. The molecule has 0 atom stereocenters. The molecule has 0 aliphatic carbocycles. The predicted octanol–water partition coefficient (Wildman–Crippen LogP) is 3.66. The highest BCUT2D eigenvalue weighted by atomic mass is 16.6. The van der Waals surface area contributed by atoms with Crippen molar-refractivity contribution in [2.45, 2.75) is 0 Å². The van der Waals surface area contributed by atoms with Gasteiger partial charge < -0.3 is 20.9 Å². The van der Waals surface area contributed by atoms with Gasteiger partial charge in [-0.15, -0.1) is 0 Å². The van der Waals surface area contributed by atoms with E-state index in [0.717, 1.165) is 26.9 Å². The Labute approximate surface area is 133 Å². The van der Waals surface area contributed by atoms with Crippen LogP contribution in [0.3, 0.4) is 0 Å². The van der Waals surface area contributed by atoms with Crippen molar-refractivity contribution in [1.29, 1.82) is 0 Å². The highest BCUT2D eigenvalue weighted by Gasteiger charge is 2.15. The van der Waals surface area contributed by atoms with Crippen LogP contribution >= 0.6 is 0 Å². The minimum atomic E-state index is -1.83. The third kappa shape index (κ3) is 2.62. The lowest BCUT2D eigenvalue weighted by molar-refractivity contribution is 0.289. The molecule has 4 aromatic rings. The van der Waals surface area contributed by atoms with Crippen molar-refractivity contribution in [2.75, 3.05) is 0 Å². The van der Waals surface area contributed by atoms with Crippen LogP contribution in [0.25, 0.3) is 32.3 Å². The van der Waals surface area contributed by atoms with E-state index >= 15 is 0 Å². The van der Waals surface area contributed by atoms with Crippen LogP contribution in [0.15, 0.2) is 66.7 Å². The Morgan fingerprint density at radius 2 is 1.35 bits per heavy atom. The quantitative estimate of drug-likeness (QED) is 0.300. The highest BCUT2D eigenvalue weighted by Crippen LogP contribution is 2.35. The Bertz CT molecular complexity index is 1000. The maximum absolute atomic E-state index is 9.14. The lowest BCUT2D eigenvalue weighted by Crippen LogP contribution is -2.20. The smallest absolute Gasteiger partial charge is 0.511 e. The molecule has 5 heteroatoms. The topological polar surface area (TPSA) is 84.7 Å². The molecule has 0 bridgehead atoms. The van der Waals surface area contributed by atoms with Crippen LogP contribution in [0.5, 0.6) is 5.75 Å². The van der Waals surface area contributed by atoms with Gasteiger partial charge in [0.2, 0.25) is 0 Å². The van der Waals surface area contributed by atoms with E-state index in [9.17, 15) is 0 Å². The van der Waals surface area contributed by atoms with Crippen molar-refractivity contribution in [2.24, 2.45) is 0 Å². The summed E-state index contributed by atoms with van der Waals surface area (Å²) in [4.78, 5) is 0. The molecule has 114 valence electrons. The molecule has 4 nitrogen and oxygen atoms in total. The van der Waals surface area contributed by atoms with Crippen molar-refractivity contribution in [3.63, 3.8) is 0 Å². The van der Waals surface area contributed by atoms with E-state index in [1.807, 2.05) is 30.3 Å². The Kier molecular flexibility index (Phi) is 3.92. The number of hydrogen-bond donors (Lipinski definition) is 3. The van der Waals surface area contributed by atoms with Gasteiger partial charge in [0, 0.05) is 5.39 Å². The minimum Gasteiger partial charge on any atom is -0.511 e. The number of fused-ring (bicyclic) bond motifs is 4. The number of hydrogen-bond acceptors (Lipinski definition) is 4. The van der Waals surface area contributed by atoms with Crippen molar-refractivity contribution < 1.29 is 14.7 Å². The second-order valence-corrected chi connectivity index (χ2v) is 5.28. The van der Waals surface area contributed by atoms with E-state index in [1.54, 1.807) is 6.07 Å². The van der Waals surface area contributed by atoms with Crippen LogP contribution in [0.2, 0.25) is 0 Å². The van der Waals surface area contributed by atoms with Crippen LogP contribution in [-0.4, -0.2) is 17.4 Å². The molecule has 0 spiro atoms. The normalized spacial score (nSPS) is 10.7. The van der Waals surface area contributed by atoms with Gasteiger partial charge in [0.05, 0.1) is 0 Å². The first-order chi connectivity index (χ1) is 10.7. The van der Waals surface area contributed by atoms with Gasteiger partial charge in [-0.05, 0) is 45.1 Å². The highest BCUT2D eigenvalue weighted by molar-refractivity contribution is 6.34. The van der Waals surface area contributed by atoms with Gasteiger partial charge in [-0.1, -0.05) is 48.5 Å². The molecular weight excluding hydrogens is 289 g/mol. The Morgan fingerprint density at radius 1 is 0.696 bits per heavy atom. The fraction of sp³-hybridized carbons (Fsp3) is 0. The van der Waals surface area contributed by atoms with Crippen molar-refractivity contribution in [1.82, 2.24) is 6.15 Å². The van der Waals surface area contributed by atoms with E-state index in [0.29, 0.717) is 5.75 Å². The lowest BCUT2D eigenvalue weighted by atomic mass is 9.97. The largest absolute Gasteiger partial charge is 0.707 e. The first kappa shape index (κ1) is 15.3. The molecule has 0 fully saturated rings. The summed E-state index contributed by atoms with van der Waals surface area (Å²) in [7, 11) is -1.83. The average molecular weight is 305 g/mol. The first-order valence-corrected chi connectivity index (χ1v) is 7.09. The zero-order valence-electron chi connectivity index (χ0n) is 12.4. The van der Waals surface area contributed by atoms with Gasteiger partial charge in [-0.25, -0.2) is 0 Å². The van der Waals surface area contributed by atoms with Crippen LogP contribution in [0.4, 0.5) is 0 Å². The number of rotatable bonds is 2.